The lowest BCUT2D eigenvalue weighted by Gasteiger charge is -2.19. The maximum atomic E-state index is 12.2. The molecule has 0 saturated heterocycles. The van der Waals surface area contributed by atoms with Crippen molar-refractivity contribution in [3.63, 3.8) is 0 Å². The Labute approximate surface area is 122 Å². The summed E-state index contributed by atoms with van der Waals surface area (Å²) in [5.41, 5.74) is 1.21. The molecular formula is C15H17NO5. The Morgan fingerprint density at radius 1 is 1.14 bits per heavy atom. The molecule has 1 amide bonds. The van der Waals surface area contributed by atoms with Gasteiger partial charge in [0.05, 0.1) is 19.1 Å². The van der Waals surface area contributed by atoms with Gasteiger partial charge in [-0.25, -0.2) is 0 Å². The van der Waals surface area contributed by atoms with Gasteiger partial charge in [0.25, 0.3) is 0 Å². The van der Waals surface area contributed by atoms with E-state index in [9.17, 15) is 14.4 Å². The van der Waals surface area contributed by atoms with Crippen molar-refractivity contribution in [2.45, 2.75) is 19.8 Å². The van der Waals surface area contributed by atoms with E-state index in [2.05, 4.69) is 5.32 Å². The number of nitrogens with one attached hydrogen (secondary N) is 1. The largest absolute Gasteiger partial charge is 0.465 e. The van der Waals surface area contributed by atoms with Gasteiger partial charge in [0, 0.05) is 5.69 Å². The maximum Gasteiger partial charge on any atom is 0.321 e. The third-order valence-corrected chi connectivity index (χ3v) is 3.25. The highest BCUT2D eigenvalue weighted by Crippen LogP contribution is 2.38. The van der Waals surface area contributed by atoms with Crippen LogP contribution in [0.5, 0.6) is 0 Å². The monoisotopic (exact) mass is 291 g/mol. The fourth-order valence-electron chi connectivity index (χ4n) is 2.40. The number of ether oxygens (including phenoxy) is 2. The highest BCUT2D eigenvalue weighted by molar-refractivity contribution is 6.10. The van der Waals surface area contributed by atoms with Gasteiger partial charge in [0.2, 0.25) is 5.91 Å². The summed E-state index contributed by atoms with van der Waals surface area (Å²) in [4.78, 5) is 36.4. The van der Waals surface area contributed by atoms with Crippen molar-refractivity contribution >= 4 is 23.5 Å². The van der Waals surface area contributed by atoms with E-state index in [1.165, 1.54) is 0 Å². The molecular weight excluding hydrogens is 274 g/mol. The van der Waals surface area contributed by atoms with Gasteiger partial charge in [-0.2, -0.15) is 0 Å². The van der Waals surface area contributed by atoms with Crippen LogP contribution in [0.2, 0.25) is 0 Å². The van der Waals surface area contributed by atoms with E-state index < -0.39 is 29.7 Å². The molecule has 6 nitrogen and oxygen atoms in total. The molecule has 0 radical (unpaired) electrons. The van der Waals surface area contributed by atoms with Crippen LogP contribution in [0.3, 0.4) is 0 Å². The molecule has 0 saturated carbocycles. The number of fused-ring (bicyclic) bond motifs is 1. The number of carbonyl (C=O) groups is 3. The second-order valence-corrected chi connectivity index (χ2v) is 4.54. The molecule has 1 aromatic carbocycles. The average Bonchev–Trinajstić information content (AvgIpc) is 2.77. The number of anilines is 1. The molecule has 1 aliphatic heterocycles. The Morgan fingerprint density at radius 3 is 2.29 bits per heavy atom. The van der Waals surface area contributed by atoms with E-state index in [1.807, 2.05) is 0 Å². The maximum absolute atomic E-state index is 12.2. The number of benzene rings is 1. The first-order chi connectivity index (χ1) is 10.1. The summed E-state index contributed by atoms with van der Waals surface area (Å²) in [6.07, 6.45) is 0. The van der Waals surface area contributed by atoms with Crippen LogP contribution in [0.4, 0.5) is 5.69 Å². The Morgan fingerprint density at radius 2 is 1.71 bits per heavy atom. The SMILES string of the molecule is CCOC(=O)C(C(=O)OCC)C1C(=O)Nc2ccccc21. The first-order valence-corrected chi connectivity index (χ1v) is 6.83. The van der Waals surface area contributed by atoms with Crippen molar-refractivity contribution < 1.29 is 23.9 Å². The van der Waals surface area contributed by atoms with Crippen molar-refractivity contribution in [1.82, 2.24) is 0 Å². The highest BCUT2D eigenvalue weighted by Gasteiger charge is 2.46. The second-order valence-electron chi connectivity index (χ2n) is 4.54. The lowest BCUT2D eigenvalue weighted by atomic mass is 9.87. The van der Waals surface area contributed by atoms with Crippen LogP contribution < -0.4 is 5.32 Å². The van der Waals surface area contributed by atoms with Gasteiger partial charge in [-0.1, -0.05) is 18.2 Å². The number of hydrogen-bond donors (Lipinski definition) is 1. The van der Waals surface area contributed by atoms with Crippen LogP contribution in [-0.2, 0) is 23.9 Å². The molecule has 6 heteroatoms. The molecule has 21 heavy (non-hydrogen) atoms. The topological polar surface area (TPSA) is 81.7 Å². The first kappa shape index (κ1) is 15.0. The van der Waals surface area contributed by atoms with Gasteiger partial charge in [0.15, 0.2) is 5.92 Å². The second kappa shape index (κ2) is 6.39. The van der Waals surface area contributed by atoms with Gasteiger partial charge in [0.1, 0.15) is 0 Å². The van der Waals surface area contributed by atoms with Crippen molar-refractivity contribution in [3.8, 4) is 0 Å². The van der Waals surface area contributed by atoms with Crippen LogP contribution in [0.25, 0.3) is 0 Å². The predicted octanol–water partition coefficient (Wildman–Crippen LogP) is 1.46. The number of amides is 1. The van der Waals surface area contributed by atoms with Gasteiger partial charge in [-0.05, 0) is 25.5 Å². The quantitative estimate of drug-likeness (QED) is 0.656. The molecule has 0 fully saturated rings. The van der Waals surface area contributed by atoms with Crippen molar-refractivity contribution in [2.24, 2.45) is 5.92 Å². The number of rotatable bonds is 5. The summed E-state index contributed by atoms with van der Waals surface area (Å²) >= 11 is 0. The third-order valence-electron chi connectivity index (χ3n) is 3.25. The Kier molecular flexibility index (Phi) is 4.57. The minimum atomic E-state index is -1.28. The smallest absolute Gasteiger partial charge is 0.321 e. The Bertz CT molecular complexity index is 551. The van der Waals surface area contributed by atoms with Crippen molar-refractivity contribution in [1.29, 1.82) is 0 Å². The number of esters is 2. The summed E-state index contributed by atoms with van der Waals surface area (Å²) in [6, 6.07) is 6.95. The van der Waals surface area contributed by atoms with Crippen molar-refractivity contribution in [2.75, 3.05) is 18.5 Å². The standard InChI is InChI=1S/C15H17NO5/c1-3-20-14(18)12(15(19)21-4-2)11-9-7-5-6-8-10(9)16-13(11)17/h5-8,11-12H,3-4H2,1-2H3,(H,16,17). The van der Waals surface area contributed by atoms with Gasteiger partial charge in [-0.15, -0.1) is 0 Å². The van der Waals surface area contributed by atoms with Gasteiger partial charge >= 0.3 is 11.9 Å². The van der Waals surface area contributed by atoms with E-state index in [0.29, 0.717) is 11.3 Å². The molecule has 0 aliphatic carbocycles. The summed E-state index contributed by atoms with van der Waals surface area (Å²) in [6.45, 7) is 3.54. The van der Waals surface area contributed by atoms with Crippen LogP contribution >= 0.6 is 0 Å². The molecule has 2 rings (SSSR count). The Hall–Kier alpha value is -2.37. The van der Waals surface area contributed by atoms with E-state index in [-0.39, 0.29) is 13.2 Å². The normalized spacial score (nSPS) is 16.3. The molecule has 0 aromatic heterocycles. The molecule has 1 atom stereocenters. The number of carbonyl (C=O) groups excluding carboxylic acids is 3. The van der Waals surface area contributed by atoms with E-state index in [0.717, 1.165) is 0 Å². The molecule has 0 spiro atoms. The molecule has 1 heterocycles. The fourth-order valence-corrected chi connectivity index (χ4v) is 2.40. The Balaban J connectivity index is 2.38. The van der Waals surface area contributed by atoms with E-state index in [4.69, 9.17) is 9.47 Å². The number of para-hydroxylation sites is 1. The highest BCUT2D eigenvalue weighted by atomic mass is 16.6. The minimum absolute atomic E-state index is 0.130. The first-order valence-electron chi connectivity index (χ1n) is 6.83. The van der Waals surface area contributed by atoms with Gasteiger partial charge in [-0.3, -0.25) is 14.4 Å². The summed E-state index contributed by atoms with van der Waals surface area (Å²) < 4.78 is 9.85. The zero-order valence-electron chi connectivity index (χ0n) is 11.9. The summed E-state index contributed by atoms with van der Waals surface area (Å²) in [5.74, 6) is -4.09. The lowest BCUT2D eigenvalue weighted by Crippen LogP contribution is -2.36. The zero-order chi connectivity index (χ0) is 15.4. The molecule has 1 aromatic rings. The zero-order valence-corrected chi connectivity index (χ0v) is 11.9. The van der Waals surface area contributed by atoms with Crippen LogP contribution in [-0.4, -0.2) is 31.1 Å². The predicted molar refractivity (Wildman–Crippen MR) is 74.6 cm³/mol. The molecule has 0 bridgehead atoms. The van der Waals surface area contributed by atoms with Crippen LogP contribution in [0, 0.1) is 5.92 Å². The summed E-state index contributed by atoms with van der Waals surface area (Å²) in [5, 5.41) is 2.67. The third kappa shape index (κ3) is 2.89. The van der Waals surface area contributed by atoms with E-state index in [1.54, 1.807) is 38.1 Å². The molecule has 112 valence electrons. The summed E-state index contributed by atoms with van der Waals surface area (Å²) in [7, 11) is 0. The lowest BCUT2D eigenvalue weighted by molar-refractivity contribution is -0.163. The van der Waals surface area contributed by atoms with E-state index >= 15 is 0 Å². The minimum Gasteiger partial charge on any atom is -0.465 e. The average molecular weight is 291 g/mol. The van der Waals surface area contributed by atoms with Crippen LogP contribution in [0.15, 0.2) is 24.3 Å². The molecule has 1 N–H and O–H groups in total. The van der Waals surface area contributed by atoms with Gasteiger partial charge < -0.3 is 14.8 Å². The number of hydrogen-bond acceptors (Lipinski definition) is 5. The van der Waals surface area contributed by atoms with Crippen LogP contribution in [0.1, 0.15) is 25.3 Å². The van der Waals surface area contributed by atoms with Crippen molar-refractivity contribution in [3.05, 3.63) is 29.8 Å². The fraction of sp³-hybridized carbons (Fsp3) is 0.400. The molecule has 1 unspecified atom stereocenters. The molecule has 1 aliphatic rings.